The molecule has 7 heteroatoms. The van der Waals surface area contributed by atoms with Crippen LogP contribution < -0.4 is 5.01 Å². The summed E-state index contributed by atoms with van der Waals surface area (Å²) < 4.78 is 10.1. The topological polar surface area (TPSA) is 72.0 Å². The molecule has 0 radical (unpaired) electrons. The van der Waals surface area contributed by atoms with Crippen molar-refractivity contribution in [2.24, 2.45) is 5.92 Å². The lowest BCUT2D eigenvalue weighted by molar-refractivity contribution is -0.153. The Hall–Kier alpha value is -3.35. The third-order valence-corrected chi connectivity index (χ3v) is 5.00. The number of rotatable bonds is 3. The Morgan fingerprint density at radius 1 is 1.00 bits per heavy atom. The molecule has 7 nitrogen and oxygen atoms in total. The normalized spacial score (nSPS) is 22.8. The first-order chi connectivity index (χ1) is 13.2. The van der Waals surface area contributed by atoms with Gasteiger partial charge in [0, 0.05) is 12.4 Å². The van der Waals surface area contributed by atoms with E-state index in [-0.39, 0.29) is 0 Å². The van der Waals surface area contributed by atoms with E-state index in [9.17, 15) is 9.59 Å². The first kappa shape index (κ1) is 17.1. The maximum absolute atomic E-state index is 12.8. The van der Waals surface area contributed by atoms with Gasteiger partial charge in [0.1, 0.15) is 11.7 Å². The summed E-state index contributed by atoms with van der Waals surface area (Å²) in [6.07, 6.45) is 5.46. The maximum atomic E-state index is 12.8. The average molecular weight is 365 g/mol. The van der Waals surface area contributed by atoms with Gasteiger partial charge in [-0.15, -0.1) is 0 Å². The van der Waals surface area contributed by atoms with Crippen molar-refractivity contribution in [1.29, 1.82) is 0 Å². The minimum absolute atomic E-state index is 0.398. The molecule has 0 bridgehead atoms. The highest BCUT2D eigenvalue weighted by molar-refractivity contribution is 5.89. The van der Waals surface area contributed by atoms with Crippen LogP contribution in [0.5, 0.6) is 0 Å². The van der Waals surface area contributed by atoms with Crippen LogP contribution in [0.1, 0.15) is 17.2 Å². The second-order valence-corrected chi connectivity index (χ2v) is 6.32. The molecule has 0 amide bonds. The van der Waals surface area contributed by atoms with Crippen LogP contribution in [0.15, 0.2) is 54.9 Å². The molecule has 27 heavy (non-hydrogen) atoms. The van der Waals surface area contributed by atoms with Crippen LogP contribution in [0.2, 0.25) is 0 Å². The number of pyridine rings is 1. The summed E-state index contributed by atoms with van der Waals surface area (Å²) in [6, 6.07) is 11.9. The van der Waals surface area contributed by atoms with E-state index < -0.39 is 29.9 Å². The number of hydrazine groups is 1. The highest BCUT2D eigenvalue weighted by Crippen LogP contribution is 2.47. The first-order valence-electron chi connectivity index (χ1n) is 8.58. The number of methoxy groups -OCH3 is 2. The van der Waals surface area contributed by atoms with Gasteiger partial charge in [-0.2, -0.15) is 0 Å². The number of anilines is 1. The zero-order valence-corrected chi connectivity index (χ0v) is 15.0. The molecule has 0 saturated carbocycles. The van der Waals surface area contributed by atoms with Gasteiger partial charge in [-0.1, -0.05) is 30.3 Å². The molecule has 2 aliphatic heterocycles. The van der Waals surface area contributed by atoms with E-state index in [0.717, 1.165) is 11.1 Å². The lowest BCUT2D eigenvalue weighted by atomic mass is 9.85. The number of carbonyl (C=O) groups excluding carboxylic acids is 2. The average Bonchev–Trinajstić information content (AvgIpc) is 3.08. The van der Waals surface area contributed by atoms with Crippen LogP contribution in [0.4, 0.5) is 5.82 Å². The van der Waals surface area contributed by atoms with Crippen molar-refractivity contribution in [2.45, 2.75) is 12.1 Å². The molecule has 4 rings (SSSR count). The van der Waals surface area contributed by atoms with Crippen molar-refractivity contribution in [3.8, 4) is 0 Å². The predicted molar refractivity (Wildman–Crippen MR) is 98.1 cm³/mol. The van der Waals surface area contributed by atoms with Crippen LogP contribution in [0.3, 0.4) is 0 Å². The highest BCUT2D eigenvalue weighted by Gasteiger charge is 2.56. The number of nitrogens with zero attached hydrogens (tertiary/aromatic N) is 3. The molecule has 3 atom stereocenters. The van der Waals surface area contributed by atoms with E-state index in [1.54, 1.807) is 23.3 Å². The summed E-state index contributed by atoms with van der Waals surface area (Å²) in [4.78, 5) is 29.9. The Labute approximate surface area is 156 Å². The summed E-state index contributed by atoms with van der Waals surface area (Å²) >= 11 is 0. The van der Waals surface area contributed by atoms with Gasteiger partial charge in [0.05, 0.1) is 20.3 Å². The molecule has 138 valence electrons. The molecular formula is C20H19N3O4. The van der Waals surface area contributed by atoms with Gasteiger partial charge < -0.3 is 9.47 Å². The van der Waals surface area contributed by atoms with Crippen molar-refractivity contribution in [1.82, 2.24) is 9.99 Å². The lowest BCUT2D eigenvalue weighted by Gasteiger charge is -2.36. The Kier molecular flexibility index (Phi) is 4.27. The number of hydrogen-bond acceptors (Lipinski definition) is 7. The zero-order valence-electron chi connectivity index (χ0n) is 15.0. The zero-order chi connectivity index (χ0) is 19.0. The minimum Gasteiger partial charge on any atom is -0.469 e. The van der Waals surface area contributed by atoms with Gasteiger partial charge in [-0.3, -0.25) is 14.8 Å². The molecule has 1 aromatic heterocycles. The molecule has 1 fully saturated rings. The summed E-state index contributed by atoms with van der Waals surface area (Å²) in [5.74, 6) is -1.20. The number of fused-ring (bicyclic) bond motifs is 3. The van der Waals surface area contributed by atoms with Crippen LogP contribution >= 0.6 is 0 Å². The predicted octanol–water partition coefficient (Wildman–Crippen LogP) is 2.17. The van der Waals surface area contributed by atoms with Gasteiger partial charge in [0.15, 0.2) is 6.04 Å². The Bertz CT molecular complexity index is 883. The number of benzene rings is 1. The Balaban J connectivity index is 1.92. The van der Waals surface area contributed by atoms with E-state index in [2.05, 4.69) is 4.98 Å². The fourth-order valence-electron chi connectivity index (χ4n) is 3.87. The number of aromatic nitrogens is 1. The second-order valence-electron chi connectivity index (χ2n) is 6.32. The van der Waals surface area contributed by atoms with Gasteiger partial charge in [-0.05, 0) is 29.3 Å². The molecule has 1 unspecified atom stereocenters. The van der Waals surface area contributed by atoms with E-state index in [4.69, 9.17) is 9.47 Å². The molecule has 0 aliphatic carbocycles. The number of ether oxygens (including phenoxy) is 2. The van der Waals surface area contributed by atoms with Crippen LogP contribution in [0.25, 0.3) is 6.08 Å². The molecule has 0 spiro atoms. The summed E-state index contributed by atoms with van der Waals surface area (Å²) in [6.45, 7) is 0. The monoisotopic (exact) mass is 365 g/mol. The van der Waals surface area contributed by atoms with Crippen LogP contribution in [0, 0.1) is 5.92 Å². The van der Waals surface area contributed by atoms with E-state index >= 15 is 0 Å². The van der Waals surface area contributed by atoms with Crippen molar-refractivity contribution in [3.05, 3.63) is 66.0 Å². The quantitative estimate of drug-likeness (QED) is 0.772. The minimum atomic E-state index is -0.891. The van der Waals surface area contributed by atoms with Gasteiger partial charge in [0.25, 0.3) is 0 Å². The third-order valence-electron chi connectivity index (χ3n) is 5.00. The second kappa shape index (κ2) is 6.75. The molecular weight excluding hydrogens is 346 g/mol. The first-order valence-corrected chi connectivity index (χ1v) is 8.58. The lowest BCUT2D eigenvalue weighted by Crippen LogP contribution is -2.46. The largest absolute Gasteiger partial charge is 0.469 e. The maximum Gasteiger partial charge on any atom is 0.331 e. The van der Waals surface area contributed by atoms with E-state index in [0.29, 0.717) is 5.82 Å². The van der Waals surface area contributed by atoms with Crippen molar-refractivity contribution in [3.63, 3.8) is 0 Å². The standard InChI is InChI=1S/C20H19N3O4/c1-26-19(24)16-17-14-8-4-3-7-13(14)10-12-22(17)23(18(16)20(25)27-2)15-9-5-6-11-21-15/h3-12,16-18H,1-2H3/t16-,17?,18+/m0/s1. The fraction of sp³-hybridized carbons (Fsp3) is 0.250. The molecule has 1 aromatic carbocycles. The van der Waals surface area contributed by atoms with Crippen LogP contribution in [-0.2, 0) is 19.1 Å². The highest BCUT2D eigenvalue weighted by atomic mass is 16.5. The van der Waals surface area contributed by atoms with Gasteiger partial charge >= 0.3 is 11.9 Å². The number of hydrogen-bond donors (Lipinski definition) is 0. The Morgan fingerprint density at radius 2 is 1.74 bits per heavy atom. The third kappa shape index (κ3) is 2.63. The summed E-state index contributed by atoms with van der Waals surface area (Å²) in [5, 5.41) is 3.58. The Morgan fingerprint density at radius 3 is 2.44 bits per heavy atom. The summed E-state index contributed by atoms with van der Waals surface area (Å²) in [7, 11) is 2.64. The van der Waals surface area contributed by atoms with Gasteiger partial charge in [0.2, 0.25) is 0 Å². The van der Waals surface area contributed by atoms with Crippen molar-refractivity contribution in [2.75, 3.05) is 19.2 Å². The smallest absolute Gasteiger partial charge is 0.331 e. The number of carbonyl (C=O) groups is 2. The van der Waals surface area contributed by atoms with Crippen molar-refractivity contribution >= 4 is 23.8 Å². The van der Waals surface area contributed by atoms with Gasteiger partial charge in [-0.25, -0.2) is 9.78 Å². The number of esters is 2. The SMILES string of the molecule is COC(=O)[C@H]1C2c3ccccc3C=CN2N(c2ccccn2)[C@H]1C(=O)OC. The molecule has 1 saturated heterocycles. The fourth-order valence-corrected chi connectivity index (χ4v) is 3.87. The molecule has 2 aromatic rings. The van der Waals surface area contributed by atoms with E-state index in [1.807, 2.05) is 47.6 Å². The summed E-state index contributed by atoms with van der Waals surface area (Å²) in [5.41, 5.74) is 1.95. The van der Waals surface area contributed by atoms with Crippen LogP contribution in [-0.4, -0.2) is 42.2 Å². The van der Waals surface area contributed by atoms with E-state index in [1.165, 1.54) is 14.2 Å². The molecule has 0 N–H and O–H groups in total. The molecule has 3 heterocycles. The molecule has 2 aliphatic rings. The van der Waals surface area contributed by atoms with Crippen molar-refractivity contribution < 1.29 is 19.1 Å².